The minimum atomic E-state index is -0.0844. The molecule has 0 rings (SSSR count). The zero-order valence-electron chi connectivity index (χ0n) is 15.9. The molecule has 0 saturated carbocycles. The fourth-order valence-corrected chi connectivity index (χ4v) is 2.96. The SMILES string of the molecule is CCCCCC[C@H](O)CCCCCCCCCCC(=O)NCCO. The lowest BCUT2D eigenvalue weighted by Crippen LogP contribution is -2.25. The maximum Gasteiger partial charge on any atom is 0.220 e. The fourth-order valence-electron chi connectivity index (χ4n) is 2.96. The fraction of sp³-hybridized carbons (Fsp3) is 0.950. The smallest absolute Gasteiger partial charge is 0.220 e. The first kappa shape index (κ1) is 23.4. The molecule has 0 radical (unpaired) electrons. The molecule has 0 aromatic rings. The van der Waals surface area contributed by atoms with E-state index in [0.29, 0.717) is 13.0 Å². The maximum atomic E-state index is 11.3. The summed E-state index contributed by atoms with van der Waals surface area (Å²) in [6, 6.07) is 0. The average molecular weight is 344 g/mol. The molecule has 24 heavy (non-hydrogen) atoms. The van der Waals surface area contributed by atoms with Crippen molar-refractivity contribution in [2.75, 3.05) is 13.2 Å². The molecular weight excluding hydrogens is 302 g/mol. The molecule has 0 aromatic carbocycles. The van der Waals surface area contributed by atoms with Crippen LogP contribution in [0.5, 0.6) is 0 Å². The lowest BCUT2D eigenvalue weighted by atomic mass is 10.0. The predicted octanol–water partition coefficient (Wildman–Crippen LogP) is 4.33. The summed E-state index contributed by atoms with van der Waals surface area (Å²) >= 11 is 0. The highest BCUT2D eigenvalue weighted by Crippen LogP contribution is 2.14. The quantitative estimate of drug-likeness (QED) is 0.324. The van der Waals surface area contributed by atoms with Crippen molar-refractivity contribution in [3.05, 3.63) is 0 Å². The van der Waals surface area contributed by atoms with Gasteiger partial charge in [-0.2, -0.15) is 0 Å². The van der Waals surface area contributed by atoms with Crippen molar-refractivity contribution in [3.63, 3.8) is 0 Å². The van der Waals surface area contributed by atoms with Crippen molar-refractivity contribution in [1.29, 1.82) is 0 Å². The van der Waals surface area contributed by atoms with Crippen molar-refractivity contribution in [1.82, 2.24) is 5.32 Å². The maximum absolute atomic E-state index is 11.3. The van der Waals surface area contributed by atoms with E-state index in [-0.39, 0.29) is 18.6 Å². The Hall–Kier alpha value is -0.610. The molecule has 0 saturated heterocycles. The van der Waals surface area contributed by atoms with Gasteiger partial charge in [0.05, 0.1) is 12.7 Å². The van der Waals surface area contributed by atoms with Crippen molar-refractivity contribution in [2.45, 2.75) is 109 Å². The third kappa shape index (κ3) is 17.7. The highest BCUT2D eigenvalue weighted by Gasteiger charge is 2.03. The van der Waals surface area contributed by atoms with Crippen molar-refractivity contribution < 1.29 is 15.0 Å². The molecule has 3 N–H and O–H groups in total. The molecule has 0 aliphatic rings. The zero-order valence-corrected chi connectivity index (χ0v) is 15.9. The second kappa shape index (κ2) is 18.7. The average Bonchev–Trinajstić information content (AvgIpc) is 2.58. The number of hydrogen-bond donors (Lipinski definition) is 3. The lowest BCUT2D eigenvalue weighted by molar-refractivity contribution is -0.121. The number of carbonyl (C=O) groups excluding carboxylic acids is 1. The van der Waals surface area contributed by atoms with Crippen molar-refractivity contribution in [2.24, 2.45) is 0 Å². The molecule has 0 spiro atoms. The van der Waals surface area contributed by atoms with Gasteiger partial charge in [0.1, 0.15) is 0 Å². The summed E-state index contributed by atoms with van der Waals surface area (Å²) in [5.74, 6) is 0.0531. The van der Waals surface area contributed by atoms with Crippen LogP contribution in [0.2, 0.25) is 0 Å². The van der Waals surface area contributed by atoms with Crippen LogP contribution in [-0.4, -0.2) is 35.4 Å². The standard InChI is InChI=1S/C20H41NO3/c1-2-3-4-11-14-19(23)15-12-9-7-5-6-8-10-13-16-20(24)21-17-18-22/h19,22-23H,2-18H2,1H3,(H,21,24)/t19-/m0/s1. The van der Waals surface area contributed by atoms with Gasteiger partial charge in [0, 0.05) is 13.0 Å². The van der Waals surface area contributed by atoms with E-state index in [1.54, 1.807) is 0 Å². The molecule has 0 aliphatic carbocycles. The Morgan fingerprint density at radius 2 is 1.33 bits per heavy atom. The number of carbonyl (C=O) groups is 1. The Balaban J connectivity index is 3.18. The number of hydrogen-bond acceptors (Lipinski definition) is 3. The molecular formula is C20H41NO3. The van der Waals surface area contributed by atoms with Gasteiger partial charge in [-0.05, 0) is 19.3 Å². The number of amides is 1. The van der Waals surface area contributed by atoms with Crippen molar-refractivity contribution in [3.8, 4) is 0 Å². The van der Waals surface area contributed by atoms with E-state index in [2.05, 4.69) is 12.2 Å². The minimum absolute atomic E-state index is 0.0155. The molecule has 0 unspecified atom stereocenters. The van der Waals surface area contributed by atoms with Crippen LogP contribution in [0.3, 0.4) is 0 Å². The molecule has 0 fully saturated rings. The second-order valence-electron chi connectivity index (χ2n) is 6.94. The lowest BCUT2D eigenvalue weighted by Gasteiger charge is -2.10. The van der Waals surface area contributed by atoms with Gasteiger partial charge in [0.15, 0.2) is 0 Å². The van der Waals surface area contributed by atoms with Gasteiger partial charge in [-0.3, -0.25) is 4.79 Å². The summed E-state index contributed by atoms with van der Waals surface area (Å²) in [6.45, 7) is 2.60. The number of rotatable bonds is 18. The molecule has 1 amide bonds. The Kier molecular flexibility index (Phi) is 18.2. The molecule has 1 atom stereocenters. The topological polar surface area (TPSA) is 69.6 Å². The summed E-state index contributed by atoms with van der Waals surface area (Å²) < 4.78 is 0. The summed E-state index contributed by atoms with van der Waals surface area (Å²) in [5, 5.41) is 21.2. The van der Waals surface area contributed by atoms with Crippen LogP contribution in [0, 0.1) is 0 Å². The molecule has 4 heteroatoms. The minimum Gasteiger partial charge on any atom is -0.395 e. The Labute approximate surface area is 149 Å². The van der Waals surface area contributed by atoms with Crippen LogP contribution in [0.1, 0.15) is 103 Å². The van der Waals surface area contributed by atoms with Gasteiger partial charge in [-0.1, -0.05) is 77.6 Å². The largest absolute Gasteiger partial charge is 0.395 e. The van der Waals surface area contributed by atoms with E-state index in [1.807, 2.05) is 0 Å². The number of aliphatic hydroxyl groups is 2. The second-order valence-corrected chi connectivity index (χ2v) is 6.94. The van der Waals surface area contributed by atoms with Gasteiger partial charge in [-0.15, -0.1) is 0 Å². The Bertz CT molecular complexity index is 272. The first-order valence-corrected chi connectivity index (χ1v) is 10.3. The Morgan fingerprint density at radius 3 is 1.88 bits per heavy atom. The number of unbranched alkanes of at least 4 members (excludes halogenated alkanes) is 10. The molecule has 0 aliphatic heterocycles. The summed E-state index contributed by atoms with van der Waals surface area (Å²) in [7, 11) is 0. The van der Waals surface area contributed by atoms with Crippen LogP contribution < -0.4 is 5.32 Å². The third-order valence-corrected chi connectivity index (χ3v) is 4.52. The summed E-state index contributed by atoms with van der Waals surface area (Å²) in [4.78, 5) is 11.3. The summed E-state index contributed by atoms with van der Waals surface area (Å²) in [5.41, 5.74) is 0. The Morgan fingerprint density at radius 1 is 0.833 bits per heavy atom. The third-order valence-electron chi connectivity index (χ3n) is 4.52. The van der Waals surface area contributed by atoms with Gasteiger partial charge in [0.2, 0.25) is 5.91 Å². The number of nitrogens with one attached hydrogen (secondary N) is 1. The van der Waals surface area contributed by atoms with E-state index in [9.17, 15) is 9.90 Å². The van der Waals surface area contributed by atoms with E-state index in [4.69, 9.17) is 5.11 Å². The normalized spacial score (nSPS) is 12.3. The summed E-state index contributed by atoms with van der Waals surface area (Å²) in [6.07, 6.45) is 16.8. The molecule has 0 heterocycles. The van der Waals surface area contributed by atoms with Gasteiger partial charge >= 0.3 is 0 Å². The monoisotopic (exact) mass is 343 g/mol. The first-order chi connectivity index (χ1) is 11.7. The van der Waals surface area contributed by atoms with Gasteiger partial charge in [0.25, 0.3) is 0 Å². The zero-order chi connectivity index (χ0) is 17.9. The van der Waals surface area contributed by atoms with Crippen LogP contribution >= 0.6 is 0 Å². The molecule has 4 nitrogen and oxygen atoms in total. The molecule has 0 aromatic heterocycles. The van der Waals surface area contributed by atoms with E-state index in [1.165, 1.54) is 57.8 Å². The van der Waals surface area contributed by atoms with Gasteiger partial charge in [-0.25, -0.2) is 0 Å². The van der Waals surface area contributed by atoms with Crippen molar-refractivity contribution >= 4 is 5.91 Å². The number of aliphatic hydroxyl groups excluding tert-OH is 2. The highest BCUT2D eigenvalue weighted by molar-refractivity contribution is 5.75. The van der Waals surface area contributed by atoms with Crippen LogP contribution in [0.15, 0.2) is 0 Å². The highest BCUT2D eigenvalue weighted by atomic mass is 16.3. The van der Waals surface area contributed by atoms with E-state index < -0.39 is 0 Å². The van der Waals surface area contributed by atoms with Crippen LogP contribution in [0.4, 0.5) is 0 Å². The van der Waals surface area contributed by atoms with Gasteiger partial charge < -0.3 is 15.5 Å². The molecule has 144 valence electrons. The van der Waals surface area contributed by atoms with E-state index in [0.717, 1.165) is 32.1 Å². The van der Waals surface area contributed by atoms with E-state index >= 15 is 0 Å². The predicted molar refractivity (Wildman–Crippen MR) is 101 cm³/mol. The first-order valence-electron chi connectivity index (χ1n) is 10.3. The van der Waals surface area contributed by atoms with Crippen LogP contribution in [-0.2, 0) is 4.79 Å². The van der Waals surface area contributed by atoms with Crippen LogP contribution in [0.25, 0.3) is 0 Å². The molecule has 0 bridgehead atoms.